The number of nitrogens with zero attached hydrogens (tertiary/aromatic N) is 2. The highest BCUT2D eigenvalue weighted by Crippen LogP contribution is 2.37. The van der Waals surface area contributed by atoms with E-state index < -0.39 is 18.0 Å². The average molecular weight is 606 g/mol. The van der Waals surface area contributed by atoms with E-state index >= 15 is 0 Å². The summed E-state index contributed by atoms with van der Waals surface area (Å²) in [4.78, 5) is 43.2. The fourth-order valence-corrected chi connectivity index (χ4v) is 5.68. The van der Waals surface area contributed by atoms with Crippen molar-refractivity contribution in [2.24, 2.45) is 4.99 Å². The number of hydrogen-bond acceptors (Lipinski definition) is 8. The van der Waals surface area contributed by atoms with Gasteiger partial charge < -0.3 is 14.2 Å². The van der Waals surface area contributed by atoms with Crippen molar-refractivity contribution in [1.29, 1.82) is 0 Å². The van der Waals surface area contributed by atoms with Crippen LogP contribution < -0.4 is 24.4 Å². The summed E-state index contributed by atoms with van der Waals surface area (Å²) in [6, 6.07) is 9.61. The second kappa shape index (κ2) is 11.0. The van der Waals surface area contributed by atoms with Crippen LogP contribution in [-0.2, 0) is 14.3 Å². The number of hydrogen-bond donors (Lipinski definition) is 0. The van der Waals surface area contributed by atoms with Crippen LogP contribution in [0.15, 0.2) is 61.9 Å². The Hall–Kier alpha value is -3.21. The molecule has 0 bridgehead atoms. The quantitative estimate of drug-likeness (QED) is 0.310. The van der Waals surface area contributed by atoms with E-state index in [4.69, 9.17) is 25.8 Å². The first-order chi connectivity index (χ1) is 17.6. The molecule has 0 fully saturated rings. The Kier molecular flexibility index (Phi) is 8.01. The second-order valence-electron chi connectivity index (χ2n) is 7.98. The molecular weight excluding hydrogens is 584 g/mol. The fraction of sp³-hybridized carbons (Fsp3) is 0.231. The first-order valence-corrected chi connectivity index (χ1v) is 13.1. The number of rotatable bonds is 6. The van der Waals surface area contributed by atoms with Crippen LogP contribution in [0, 0.1) is 0 Å². The summed E-state index contributed by atoms with van der Waals surface area (Å²) in [6.45, 7) is 4.93. The number of benzene rings is 2. The summed E-state index contributed by atoms with van der Waals surface area (Å²) >= 11 is 10.7. The molecule has 0 spiro atoms. The van der Waals surface area contributed by atoms with Crippen molar-refractivity contribution >= 4 is 56.9 Å². The van der Waals surface area contributed by atoms with E-state index in [1.165, 1.54) is 29.9 Å². The van der Waals surface area contributed by atoms with E-state index in [0.29, 0.717) is 47.0 Å². The van der Waals surface area contributed by atoms with Crippen molar-refractivity contribution in [2.75, 3.05) is 13.7 Å². The van der Waals surface area contributed by atoms with Gasteiger partial charge in [-0.2, -0.15) is 0 Å². The largest absolute Gasteiger partial charge is 0.493 e. The second-order valence-corrected chi connectivity index (χ2v) is 10.3. The van der Waals surface area contributed by atoms with E-state index in [2.05, 4.69) is 20.9 Å². The molecule has 0 amide bonds. The fourth-order valence-electron chi connectivity index (χ4n) is 3.97. The normalized spacial score (nSPS) is 15.2. The van der Waals surface area contributed by atoms with Gasteiger partial charge in [0, 0.05) is 11.9 Å². The number of ether oxygens (including phenoxy) is 3. The van der Waals surface area contributed by atoms with Gasteiger partial charge in [-0.15, -0.1) is 0 Å². The Bertz CT molecular complexity index is 1610. The van der Waals surface area contributed by atoms with Gasteiger partial charge in [0.05, 0.1) is 40.0 Å². The van der Waals surface area contributed by atoms with Crippen molar-refractivity contribution in [1.82, 2.24) is 4.57 Å². The van der Waals surface area contributed by atoms with Gasteiger partial charge in [-0.05, 0) is 71.2 Å². The van der Waals surface area contributed by atoms with Crippen molar-refractivity contribution in [2.45, 2.75) is 26.8 Å². The van der Waals surface area contributed by atoms with Gasteiger partial charge in [-0.3, -0.25) is 14.2 Å². The Morgan fingerprint density at radius 1 is 1.24 bits per heavy atom. The van der Waals surface area contributed by atoms with Gasteiger partial charge in [0.1, 0.15) is 0 Å². The third-order valence-corrected chi connectivity index (χ3v) is 7.32. The highest BCUT2D eigenvalue weighted by molar-refractivity contribution is 9.10. The molecule has 2 aromatic carbocycles. The number of allylic oxidation sites excluding steroid dienone is 1. The van der Waals surface area contributed by atoms with E-state index in [9.17, 15) is 14.4 Å². The molecule has 1 aliphatic rings. The van der Waals surface area contributed by atoms with Crippen LogP contribution in [0.4, 0.5) is 0 Å². The zero-order chi connectivity index (χ0) is 26.9. The molecule has 0 saturated heterocycles. The minimum atomic E-state index is -0.734. The predicted molar refractivity (Wildman–Crippen MR) is 144 cm³/mol. The Balaban J connectivity index is 1.91. The standard InChI is InChI=1S/C26H22BrClN2O6S/c1-5-35-25(33)21-13(2)29-26-30(22(21)16-6-8-17(28)9-7-16)24(32)20(37-26)12-15-10-18(27)23(36-14(3)31)19(11-15)34-4/h6-12,22H,5H2,1-4H3/b20-12-/t22-/m1/s1. The maximum atomic E-state index is 13.7. The van der Waals surface area contributed by atoms with E-state index in [0.717, 1.165) is 0 Å². The maximum Gasteiger partial charge on any atom is 0.338 e. The van der Waals surface area contributed by atoms with Crippen molar-refractivity contribution in [3.8, 4) is 11.5 Å². The van der Waals surface area contributed by atoms with Crippen LogP contribution >= 0.6 is 38.9 Å². The minimum absolute atomic E-state index is 0.188. The molecular formula is C26H22BrClN2O6S. The molecule has 4 rings (SSSR count). The maximum absolute atomic E-state index is 13.7. The van der Waals surface area contributed by atoms with Crippen molar-refractivity contribution in [3.05, 3.63) is 88.0 Å². The zero-order valence-electron chi connectivity index (χ0n) is 20.3. The van der Waals surface area contributed by atoms with Crippen molar-refractivity contribution < 1.29 is 23.8 Å². The van der Waals surface area contributed by atoms with Gasteiger partial charge in [0.25, 0.3) is 5.56 Å². The number of halogens is 2. The molecule has 0 radical (unpaired) electrons. The summed E-state index contributed by atoms with van der Waals surface area (Å²) in [6.07, 6.45) is 1.69. The molecule has 1 aromatic heterocycles. The van der Waals surface area contributed by atoms with Crippen LogP contribution in [0.5, 0.6) is 11.5 Å². The minimum Gasteiger partial charge on any atom is -0.493 e. The SMILES string of the molecule is CCOC(=O)C1=C(C)N=c2s/c(=C\c3cc(Br)c(OC(C)=O)c(OC)c3)c(=O)n2[C@@H]1c1ccc(Cl)cc1. The number of carbonyl (C=O) groups excluding carboxylic acids is 2. The first kappa shape index (κ1) is 26.8. The third kappa shape index (κ3) is 5.41. The molecule has 8 nitrogen and oxygen atoms in total. The molecule has 11 heteroatoms. The van der Waals surface area contributed by atoms with Gasteiger partial charge >= 0.3 is 11.9 Å². The van der Waals surface area contributed by atoms with E-state index in [1.807, 2.05) is 0 Å². The van der Waals surface area contributed by atoms with Gasteiger partial charge in [0.2, 0.25) is 0 Å². The summed E-state index contributed by atoms with van der Waals surface area (Å²) in [7, 11) is 1.46. The van der Waals surface area contributed by atoms with E-state index in [1.54, 1.807) is 56.3 Å². The summed E-state index contributed by atoms with van der Waals surface area (Å²) in [5.41, 5.74) is 1.77. The molecule has 0 saturated carbocycles. The number of esters is 2. The Morgan fingerprint density at radius 3 is 2.57 bits per heavy atom. The van der Waals surface area contributed by atoms with Crippen LogP contribution in [0.25, 0.3) is 6.08 Å². The predicted octanol–water partition coefficient (Wildman–Crippen LogP) is 4.15. The molecule has 2 heterocycles. The van der Waals surface area contributed by atoms with Crippen LogP contribution in [0.3, 0.4) is 0 Å². The third-order valence-electron chi connectivity index (χ3n) is 5.50. The van der Waals surface area contributed by atoms with Gasteiger partial charge in [-0.25, -0.2) is 9.79 Å². The number of thiazole rings is 1. The zero-order valence-corrected chi connectivity index (χ0v) is 23.5. The van der Waals surface area contributed by atoms with Crippen molar-refractivity contribution in [3.63, 3.8) is 0 Å². The molecule has 1 atom stereocenters. The van der Waals surface area contributed by atoms with Crippen LogP contribution in [0.1, 0.15) is 37.9 Å². The highest BCUT2D eigenvalue weighted by atomic mass is 79.9. The molecule has 192 valence electrons. The molecule has 0 N–H and O–H groups in total. The Labute approximate surface area is 229 Å². The number of carbonyl (C=O) groups is 2. The smallest absolute Gasteiger partial charge is 0.338 e. The van der Waals surface area contributed by atoms with Crippen LogP contribution in [-0.4, -0.2) is 30.2 Å². The average Bonchev–Trinajstić information content (AvgIpc) is 3.14. The number of aromatic nitrogens is 1. The summed E-state index contributed by atoms with van der Waals surface area (Å²) in [5, 5.41) is 0.534. The topological polar surface area (TPSA) is 96.2 Å². The van der Waals surface area contributed by atoms with E-state index in [-0.39, 0.29) is 17.9 Å². The molecule has 0 aliphatic carbocycles. The Morgan fingerprint density at radius 2 is 1.95 bits per heavy atom. The van der Waals surface area contributed by atoms with Crippen LogP contribution in [0.2, 0.25) is 5.02 Å². The molecule has 0 unspecified atom stereocenters. The number of methoxy groups -OCH3 is 1. The highest BCUT2D eigenvalue weighted by Gasteiger charge is 2.33. The molecule has 3 aromatic rings. The summed E-state index contributed by atoms with van der Waals surface area (Å²) in [5.74, 6) is -0.461. The lowest BCUT2D eigenvalue weighted by molar-refractivity contribution is -0.139. The lowest BCUT2D eigenvalue weighted by Crippen LogP contribution is -2.39. The lowest BCUT2D eigenvalue weighted by Gasteiger charge is -2.24. The first-order valence-electron chi connectivity index (χ1n) is 11.2. The lowest BCUT2D eigenvalue weighted by atomic mass is 9.96. The van der Waals surface area contributed by atoms with Gasteiger partial charge in [-0.1, -0.05) is 35.1 Å². The molecule has 37 heavy (non-hydrogen) atoms. The summed E-state index contributed by atoms with van der Waals surface area (Å²) < 4.78 is 18.3. The monoisotopic (exact) mass is 604 g/mol. The van der Waals surface area contributed by atoms with Gasteiger partial charge in [0.15, 0.2) is 16.3 Å². The molecule has 1 aliphatic heterocycles. The number of fused-ring (bicyclic) bond motifs is 1.